The van der Waals surface area contributed by atoms with Gasteiger partial charge in [-0.15, -0.1) is 0 Å². The number of hydrogen-bond donors (Lipinski definition) is 1. The number of amides is 1. The highest BCUT2D eigenvalue weighted by atomic mass is 16.2. The van der Waals surface area contributed by atoms with E-state index in [9.17, 15) is 4.79 Å². The molecule has 4 fully saturated rings. The van der Waals surface area contributed by atoms with Gasteiger partial charge in [0.15, 0.2) is 0 Å². The molecule has 2 aliphatic heterocycles. The monoisotopic (exact) mass is 248 g/mol. The third kappa shape index (κ3) is 1.78. The highest BCUT2D eigenvalue weighted by molar-refractivity contribution is 5.77. The van der Waals surface area contributed by atoms with Crippen molar-refractivity contribution in [3.63, 3.8) is 0 Å². The van der Waals surface area contributed by atoms with Crippen molar-refractivity contribution in [2.45, 2.75) is 32.1 Å². The summed E-state index contributed by atoms with van der Waals surface area (Å²) in [6.45, 7) is 4.31. The van der Waals surface area contributed by atoms with Gasteiger partial charge in [-0.25, -0.2) is 0 Å². The van der Waals surface area contributed by atoms with Crippen LogP contribution in [0.1, 0.15) is 32.1 Å². The largest absolute Gasteiger partial charge is 0.342 e. The normalized spacial score (nSPS) is 45.8. The molecule has 5 unspecified atom stereocenters. The number of likely N-dealkylation sites (tertiary alicyclic amines) is 1. The summed E-state index contributed by atoms with van der Waals surface area (Å²) in [4.78, 5) is 14.6. The molecule has 2 aliphatic carbocycles. The van der Waals surface area contributed by atoms with Gasteiger partial charge in [0.2, 0.25) is 5.91 Å². The molecule has 1 amide bonds. The van der Waals surface area contributed by atoms with Crippen LogP contribution in [-0.2, 0) is 4.79 Å². The summed E-state index contributed by atoms with van der Waals surface area (Å²) in [5.74, 6) is 4.54. The fraction of sp³-hybridized carbons (Fsp3) is 0.933. The molecule has 18 heavy (non-hydrogen) atoms. The third-order valence-electron chi connectivity index (χ3n) is 6.06. The van der Waals surface area contributed by atoms with E-state index in [1.54, 1.807) is 0 Å². The Balaban J connectivity index is 1.34. The summed E-state index contributed by atoms with van der Waals surface area (Å²) < 4.78 is 0. The van der Waals surface area contributed by atoms with E-state index in [4.69, 9.17) is 0 Å². The van der Waals surface area contributed by atoms with Crippen LogP contribution >= 0.6 is 0 Å². The second kappa shape index (κ2) is 4.22. The van der Waals surface area contributed by atoms with Gasteiger partial charge in [-0.2, -0.15) is 0 Å². The Morgan fingerprint density at radius 3 is 2.44 bits per heavy atom. The fourth-order valence-electron chi connectivity index (χ4n) is 5.04. The molecule has 0 aromatic rings. The van der Waals surface area contributed by atoms with Crippen molar-refractivity contribution in [1.82, 2.24) is 10.2 Å². The van der Waals surface area contributed by atoms with E-state index in [2.05, 4.69) is 10.2 Å². The molecule has 3 heteroatoms. The van der Waals surface area contributed by atoms with Crippen LogP contribution < -0.4 is 5.32 Å². The van der Waals surface area contributed by atoms with Crippen LogP contribution in [0.4, 0.5) is 0 Å². The lowest BCUT2D eigenvalue weighted by Gasteiger charge is -2.24. The molecule has 100 valence electrons. The number of carbonyl (C=O) groups excluding carboxylic acids is 1. The van der Waals surface area contributed by atoms with Gasteiger partial charge >= 0.3 is 0 Å². The van der Waals surface area contributed by atoms with E-state index in [0.29, 0.717) is 5.91 Å². The van der Waals surface area contributed by atoms with Gasteiger partial charge < -0.3 is 10.2 Å². The number of fused-ring (bicyclic) bond motifs is 3. The molecule has 2 saturated heterocycles. The molecule has 0 aromatic carbocycles. The first kappa shape index (κ1) is 11.3. The lowest BCUT2D eigenvalue weighted by molar-refractivity contribution is -0.131. The van der Waals surface area contributed by atoms with Crippen LogP contribution in [0.25, 0.3) is 0 Å². The summed E-state index contributed by atoms with van der Waals surface area (Å²) in [5.41, 5.74) is 0. The second-order valence-corrected chi connectivity index (χ2v) is 7.12. The van der Waals surface area contributed by atoms with Gasteiger partial charge in [0.05, 0.1) is 0 Å². The van der Waals surface area contributed by atoms with Crippen molar-refractivity contribution < 1.29 is 4.79 Å². The predicted molar refractivity (Wildman–Crippen MR) is 70.0 cm³/mol. The standard InChI is InChI=1S/C15H24N2O/c18-15(5-12-4-10-1-2-11(12)3-10)17-8-13-6-16-7-14(13)9-17/h10-14,16H,1-9H2. The van der Waals surface area contributed by atoms with Crippen LogP contribution in [0.5, 0.6) is 0 Å². The molecule has 0 aromatic heterocycles. The van der Waals surface area contributed by atoms with Crippen LogP contribution in [0.15, 0.2) is 0 Å². The van der Waals surface area contributed by atoms with E-state index in [1.165, 1.54) is 25.7 Å². The average Bonchev–Trinajstić information content (AvgIpc) is 3.08. The highest BCUT2D eigenvalue weighted by Crippen LogP contribution is 2.49. The Morgan fingerprint density at radius 1 is 1.06 bits per heavy atom. The van der Waals surface area contributed by atoms with Crippen LogP contribution in [-0.4, -0.2) is 37.0 Å². The van der Waals surface area contributed by atoms with Gasteiger partial charge in [0.25, 0.3) is 0 Å². The molecule has 2 bridgehead atoms. The van der Waals surface area contributed by atoms with Gasteiger partial charge in [-0.3, -0.25) is 4.79 Å². The molecular formula is C15H24N2O. The number of hydrogen-bond acceptors (Lipinski definition) is 2. The minimum atomic E-state index is 0.460. The quantitative estimate of drug-likeness (QED) is 0.803. The van der Waals surface area contributed by atoms with Gasteiger partial charge in [-0.1, -0.05) is 6.42 Å². The van der Waals surface area contributed by atoms with Crippen molar-refractivity contribution in [3.05, 3.63) is 0 Å². The van der Waals surface area contributed by atoms with E-state index in [1.807, 2.05) is 0 Å². The molecule has 0 spiro atoms. The van der Waals surface area contributed by atoms with Crippen molar-refractivity contribution in [3.8, 4) is 0 Å². The Bertz CT molecular complexity index is 344. The van der Waals surface area contributed by atoms with Crippen LogP contribution in [0.3, 0.4) is 0 Å². The lowest BCUT2D eigenvalue weighted by Crippen LogP contribution is -2.33. The Kier molecular flexibility index (Phi) is 2.65. The lowest BCUT2D eigenvalue weighted by atomic mass is 9.86. The molecule has 4 aliphatic rings. The Morgan fingerprint density at radius 2 is 1.83 bits per heavy atom. The average molecular weight is 248 g/mol. The second-order valence-electron chi connectivity index (χ2n) is 7.12. The van der Waals surface area contributed by atoms with Crippen molar-refractivity contribution in [2.75, 3.05) is 26.2 Å². The molecule has 4 rings (SSSR count). The van der Waals surface area contributed by atoms with Crippen molar-refractivity contribution >= 4 is 5.91 Å². The number of nitrogens with one attached hydrogen (secondary N) is 1. The molecule has 5 atom stereocenters. The van der Waals surface area contributed by atoms with Crippen LogP contribution in [0, 0.1) is 29.6 Å². The number of nitrogens with zero attached hydrogens (tertiary/aromatic N) is 1. The minimum absolute atomic E-state index is 0.460. The van der Waals surface area contributed by atoms with E-state index >= 15 is 0 Å². The maximum Gasteiger partial charge on any atom is 0.222 e. The highest BCUT2D eigenvalue weighted by Gasteiger charge is 2.42. The maximum atomic E-state index is 12.4. The minimum Gasteiger partial charge on any atom is -0.342 e. The van der Waals surface area contributed by atoms with E-state index in [-0.39, 0.29) is 0 Å². The zero-order chi connectivity index (χ0) is 12.1. The molecule has 3 nitrogen and oxygen atoms in total. The first-order chi connectivity index (χ1) is 8.79. The van der Waals surface area contributed by atoms with Gasteiger partial charge in [0.1, 0.15) is 0 Å². The number of rotatable bonds is 2. The predicted octanol–water partition coefficient (Wildman–Crippen LogP) is 1.49. The van der Waals surface area contributed by atoms with E-state index in [0.717, 1.165) is 62.2 Å². The molecule has 2 heterocycles. The summed E-state index contributed by atoms with van der Waals surface area (Å²) in [5, 5.41) is 3.44. The zero-order valence-electron chi connectivity index (χ0n) is 11.1. The Hall–Kier alpha value is -0.570. The topological polar surface area (TPSA) is 32.3 Å². The van der Waals surface area contributed by atoms with Gasteiger partial charge in [0, 0.05) is 32.6 Å². The Labute approximate surface area is 109 Å². The zero-order valence-corrected chi connectivity index (χ0v) is 11.1. The summed E-state index contributed by atoms with van der Waals surface area (Å²) in [7, 11) is 0. The number of carbonyl (C=O) groups is 1. The van der Waals surface area contributed by atoms with Crippen molar-refractivity contribution in [1.29, 1.82) is 0 Å². The van der Waals surface area contributed by atoms with E-state index < -0.39 is 0 Å². The maximum absolute atomic E-state index is 12.4. The van der Waals surface area contributed by atoms with Crippen molar-refractivity contribution in [2.24, 2.45) is 29.6 Å². The smallest absolute Gasteiger partial charge is 0.222 e. The molecule has 0 radical (unpaired) electrons. The fourth-order valence-corrected chi connectivity index (χ4v) is 5.04. The summed E-state index contributed by atoms with van der Waals surface area (Å²) in [6, 6.07) is 0. The summed E-state index contributed by atoms with van der Waals surface area (Å²) in [6.07, 6.45) is 6.46. The molecular weight excluding hydrogens is 224 g/mol. The van der Waals surface area contributed by atoms with Crippen LogP contribution in [0.2, 0.25) is 0 Å². The SMILES string of the molecule is O=C(CC1CC2CCC1C2)N1CC2CNCC2C1. The molecule has 1 N–H and O–H groups in total. The molecule has 2 saturated carbocycles. The first-order valence-electron chi connectivity index (χ1n) is 7.78. The van der Waals surface area contributed by atoms with Gasteiger partial charge in [-0.05, 0) is 48.9 Å². The third-order valence-corrected chi connectivity index (χ3v) is 6.06. The summed E-state index contributed by atoms with van der Waals surface area (Å²) >= 11 is 0. The first-order valence-corrected chi connectivity index (χ1v) is 7.78.